The maximum atomic E-state index is 13.5. The van der Waals surface area contributed by atoms with E-state index in [0.717, 1.165) is 10.2 Å². The molecule has 0 aliphatic rings. The van der Waals surface area contributed by atoms with Gasteiger partial charge in [-0.05, 0) is 62.3 Å². The van der Waals surface area contributed by atoms with E-state index in [1.807, 2.05) is 71.0 Å². The van der Waals surface area contributed by atoms with Crippen LogP contribution in [0.1, 0.15) is 38.1 Å². The van der Waals surface area contributed by atoms with Crippen LogP contribution >= 0.6 is 11.3 Å². The van der Waals surface area contributed by atoms with Crippen molar-refractivity contribution < 1.29 is 13.2 Å². The molecule has 0 unspecified atom stereocenters. The lowest BCUT2D eigenvalue weighted by atomic mass is 10.2. The standard InChI is InChI=1S/C26H36N4O3S2/c1-19(2)17-29(18-20(3)4)35(32,33)22-13-11-21(12-14-22)25(31)30(16-15-28(5)6)26-27-23-9-7-8-10-24(23)34-26/h7-14,19-20H,15-18H2,1-6H3. The van der Waals surface area contributed by atoms with Crippen LogP contribution in [0.3, 0.4) is 0 Å². The van der Waals surface area contributed by atoms with E-state index in [9.17, 15) is 13.2 Å². The van der Waals surface area contributed by atoms with Gasteiger partial charge in [0.25, 0.3) is 5.91 Å². The van der Waals surface area contributed by atoms with Gasteiger partial charge < -0.3 is 4.90 Å². The number of likely N-dealkylation sites (N-methyl/N-ethyl adjacent to an activating group) is 1. The number of carbonyl (C=O) groups excluding carboxylic acids is 1. The van der Waals surface area contributed by atoms with E-state index in [2.05, 4.69) is 4.98 Å². The number of aromatic nitrogens is 1. The summed E-state index contributed by atoms with van der Waals surface area (Å²) in [6.45, 7) is 10.1. The molecule has 0 spiro atoms. The molecular formula is C26H36N4O3S2. The number of amides is 1. The summed E-state index contributed by atoms with van der Waals surface area (Å²) in [5.41, 5.74) is 1.29. The second-order valence-corrected chi connectivity index (χ2v) is 12.8. The number of hydrogen-bond acceptors (Lipinski definition) is 6. The molecule has 190 valence electrons. The number of para-hydroxylation sites is 1. The number of nitrogens with zero attached hydrogens (tertiary/aromatic N) is 4. The molecule has 0 N–H and O–H groups in total. The zero-order chi connectivity index (χ0) is 25.8. The third-order valence-corrected chi connectivity index (χ3v) is 8.31. The van der Waals surface area contributed by atoms with Gasteiger partial charge in [-0.25, -0.2) is 13.4 Å². The van der Waals surface area contributed by atoms with Gasteiger partial charge in [-0.3, -0.25) is 9.69 Å². The van der Waals surface area contributed by atoms with Crippen molar-refractivity contribution >= 4 is 42.6 Å². The monoisotopic (exact) mass is 516 g/mol. The Hall–Kier alpha value is -2.33. The zero-order valence-corrected chi connectivity index (χ0v) is 23.1. The van der Waals surface area contributed by atoms with Gasteiger partial charge in [-0.1, -0.05) is 51.2 Å². The summed E-state index contributed by atoms with van der Waals surface area (Å²) in [5, 5.41) is 0.634. The molecule has 0 fully saturated rings. The SMILES string of the molecule is CC(C)CN(CC(C)C)S(=O)(=O)c1ccc(C(=O)N(CCN(C)C)c2nc3ccccc3s2)cc1. The highest BCUT2D eigenvalue weighted by Gasteiger charge is 2.27. The largest absolute Gasteiger partial charge is 0.308 e. The molecular weight excluding hydrogens is 480 g/mol. The molecule has 0 aliphatic heterocycles. The molecule has 0 bridgehead atoms. The summed E-state index contributed by atoms with van der Waals surface area (Å²) < 4.78 is 29.2. The molecule has 1 aromatic heterocycles. The second-order valence-electron chi connectivity index (χ2n) is 9.86. The number of thiazole rings is 1. The fraction of sp³-hybridized carbons (Fsp3) is 0.462. The van der Waals surface area contributed by atoms with Crippen LogP contribution in [0.2, 0.25) is 0 Å². The third-order valence-electron chi connectivity index (χ3n) is 5.41. The predicted molar refractivity (Wildman–Crippen MR) is 145 cm³/mol. The minimum absolute atomic E-state index is 0.198. The molecule has 0 aliphatic carbocycles. The van der Waals surface area contributed by atoms with Crippen molar-refractivity contribution in [1.82, 2.24) is 14.2 Å². The average molecular weight is 517 g/mol. The Morgan fingerprint density at radius 3 is 2.06 bits per heavy atom. The first-order valence-electron chi connectivity index (χ1n) is 11.9. The lowest BCUT2D eigenvalue weighted by molar-refractivity contribution is 0.0985. The van der Waals surface area contributed by atoms with E-state index in [1.165, 1.54) is 11.3 Å². The minimum Gasteiger partial charge on any atom is -0.308 e. The second kappa shape index (κ2) is 11.6. The lowest BCUT2D eigenvalue weighted by Gasteiger charge is -2.26. The van der Waals surface area contributed by atoms with Gasteiger partial charge in [-0.2, -0.15) is 4.31 Å². The van der Waals surface area contributed by atoms with Crippen LogP contribution in [0, 0.1) is 11.8 Å². The van der Waals surface area contributed by atoms with Crippen LogP contribution in [0.25, 0.3) is 10.2 Å². The number of sulfonamides is 1. The Labute approximate surface area is 213 Å². The van der Waals surface area contributed by atoms with Gasteiger partial charge in [-0.15, -0.1) is 0 Å². The van der Waals surface area contributed by atoms with Gasteiger partial charge in [0, 0.05) is 31.7 Å². The molecule has 0 radical (unpaired) electrons. The number of anilines is 1. The van der Waals surface area contributed by atoms with Gasteiger partial charge in [0.05, 0.1) is 15.1 Å². The van der Waals surface area contributed by atoms with E-state index in [4.69, 9.17) is 0 Å². The number of carbonyl (C=O) groups is 1. The molecule has 3 rings (SSSR count). The van der Waals surface area contributed by atoms with E-state index in [0.29, 0.717) is 36.9 Å². The fourth-order valence-electron chi connectivity index (χ4n) is 3.72. The maximum Gasteiger partial charge on any atom is 0.260 e. The molecule has 1 heterocycles. The van der Waals surface area contributed by atoms with Crippen LogP contribution in [0.15, 0.2) is 53.4 Å². The zero-order valence-electron chi connectivity index (χ0n) is 21.4. The highest BCUT2D eigenvalue weighted by Crippen LogP contribution is 2.30. The average Bonchev–Trinajstić information content (AvgIpc) is 3.21. The number of fused-ring (bicyclic) bond motifs is 1. The van der Waals surface area contributed by atoms with Crippen molar-refractivity contribution in [2.45, 2.75) is 32.6 Å². The summed E-state index contributed by atoms with van der Waals surface area (Å²) in [7, 11) is 0.265. The van der Waals surface area contributed by atoms with Crippen molar-refractivity contribution in [1.29, 1.82) is 0 Å². The summed E-state index contributed by atoms with van der Waals surface area (Å²) in [4.78, 5) is 22.1. The quantitative estimate of drug-likeness (QED) is 0.366. The Morgan fingerprint density at radius 1 is 0.914 bits per heavy atom. The van der Waals surface area contributed by atoms with Crippen LogP contribution in [0.4, 0.5) is 5.13 Å². The number of hydrogen-bond donors (Lipinski definition) is 0. The van der Waals surface area contributed by atoms with Gasteiger partial charge in [0.2, 0.25) is 10.0 Å². The van der Waals surface area contributed by atoms with Gasteiger partial charge in [0.15, 0.2) is 5.13 Å². The summed E-state index contributed by atoms with van der Waals surface area (Å²) in [6.07, 6.45) is 0. The highest BCUT2D eigenvalue weighted by atomic mass is 32.2. The molecule has 3 aromatic rings. The molecule has 1 amide bonds. The summed E-state index contributed by atoms with van der Waals surface area (Å²) in [5.74, 6) is 0.225. The van der Waals surface area contributed by atoms with Crippen molar-refractivity contribution in [3.63, 3.8) is 0 Å². The first-order chi connectivity index (χ1) is 16.5. The van der Waals surface area contributed by atoms with Crippen LogP contribution < -0.4 is 4.90 Å². The predicted octanol–water partition coefficient (Wildman–Crippen LogP) is 4.81. The maximum absolute atomic E-state index is 13.5. The molecule has 0 saturated heterocycles. The molecule has 7 nitrogen and oxygen atoms in total. The summed E-state index contributed by atoms with van der Waals surface area (Å²) >= 11 is 1.48. The normalized spacial score (nSPS) is 12.4. The van der Waals surface area contributed by atoms with Crippen molar-refractivity contribution in [3.05, 3.63) is 54.1 Å². The third kappa shape index (κ3) is 6.88. The minimum atomic E-state index is -3.65. The van der Waals surface area contributed by atoms with Gasteiger partial charge >= 0.3 is 0 Å². The molecule has 9 heteroatoms. The van der Waals surface area contributed by atoms with E-state index in [1.54, 1.807) is 33.5 Å². The Morgan fingerprint density at radius 2 is 1.51 bits per heavy atom. The highest BCUT2D eigenvalue weighted by molar-refractivity contribution is 7.89. The molecule has 0 atom stereocenters. The molecule has 2 aromatic carbocycles. The Bertz CT molecular complexity index is 1190. The first-order valence-corrected chi connectivity index (χ1v) is 14.2. The Kier molecular flexibility index (Phi) is 9.04. The smallest absolute Gasteiger partial charge is 0.260 e. The first kappa shape index (κ1) is 27.3. The fourth-order valence-corrected chi connectivity index (χ4v) is 6.48. The van der Waals surface area contributed by atoms with Crippen molar-refractivity contribution in [2.75, 3.05) is 45.2 Å². The van der Waals surface area contributed by atoms with Crippen LogP contribution in [0.5, 0.6) is 0 Å². The van der Waals surface area contributed by atoms with Crippen molar-refractivity contribution in [3.8, 4) is 0 Å². The van der Waals surface area contributed by atoms with Crippen molar-refractivity contribution in [2.24, 2.45) is 11.8 Å². The topological polar surface area (TPSA) is 73.8 Å². The Balaban J connectivity index is 1.90. The number of rotatable bonds is 11. The van der Waals surface area contributed by atoms with Gasteiger partial charge in [0.1, 0.15) is 0 Å². The van der Waals surface area contributed by atoms with Crippen LogP contribution in [-0.4, -0.2) is 68.8 Å². The molecule has 0 saturated carbocycles. The lowest BCUT2D eigenvalue weighted by Crippen LogP contribution is -2.37. The molecule has 35 heavy (non-hydrogen) atoms. The van der Waals surface area contributed by atoms with Crippen LogP contribution in [-0.2, 0) is 10.0 Å². The van der Waals surface area contributed by atoms with E-state index in [-0.39, 0.29) is 22.6 Å². The number of benzene rings is 2. The summed E-state index contributed by atoms with van der Waals surface area (Å²) in [6, 6.07) is 14.1. The van der Waals surface area contributed by atoms with E-state index >= 15 is 0 Å². The van der Waals surface area contributed by atoms with E-state index < -0.39 is 10.0 Å².